The molecule has 1 aliphatic rings. The zero-order chi connectivity index (χ0) is 31.5. The van der Waals surface area contributed by atoms with Crippen molar-refractivity contribution in [2.24, 2.45) is 0 Å². The Balaban J connectivity index is 3.49. The predicted molar refractivity (Wildman–Crippen MR) is 99.2 cm³/mol. The van der Waals surface area contributed by atoms with Crippen LogP contribution in [0, 0.1) is 0 Å². The van der Waals surface area contributed by atoms with E-state index in [1.807, 2.05) is 0 Å². The molecule has 0 bridgehead atoms. The lowest BCUT2D eigenvalue weighted by molar-refractivity contribution is -0.182. The van der Waals surface area contributed by atoms with Gasteiger partial charge in [-0.25, -0.2) is 19.2 Å². The molecular formula is C20H8F12O8. The minimum atomic E-state index is -6.63. The van der Waals surface area contributed by atoms with Gasteiger partial charge in [0.25, 0.3) is 0 Å². The predicted octanol–water partition coefficient (Wildman–Crippen LogP) is 5.28. The molecule has 0 saturated heterocycles. The summed E-state index contributed by atoms with van der Waals surface area (Å²) in [5, 5.41) is 36.5. The number of aliphatic carboxylic acids is 2. The summed E-state index contributed by atoms with van der Waals surface area (Å²) in [6.07, 6.45) is -29.7. The van der Waals surface area contributed by atoms with Crippen LogP contribution < -0.4 is 0 Å². The fourth-order valence-corrected chi connectivity index (χ4v) is 4.05. The third-order valence-corrected chi connectivity index (χ3v) is 5.53. The maximum atomic E-state index is 14.5. The molecule has 20 heteroatoms. The Morgan fingerprint density at radius 2 is 1.12 bits per heavy atom. The van der Waals surface area contributed by atoms with Crippen molar-refractivity contribution < 1.29 is 92.3 Å². The van der Waals surface area contributed by atoms with E-state index in [1.54, 1.807) is 0 Å². The molecule has 0 heterocycles. The van der Waals surface area contributed by atoms with Crippen molar-refractivity contribution in [1.82, 2.24) is 0 Å². The van der Waals surface area contributed by atoms with Gasteiger partial charge < -0.3 is 20.4 Å². The molecule has 40 heavy (non-hydrogen) atoms. The average Bonchev–Trinajstić information content (AvgIpc) is 2.73. The Kier molecular flexibility index (Phi) is 7.54. The van der Waals surface area contributed by atoms with Gasteiger partial charge >= 0.3 is 48.6 Å². The number of benzene rings is 1. The Bertz CT molecular complexity index is 1380. The maximum absolute atomic E-state index is 14.5. The molecule has 0 radical (unpaired) electrons. The SMILES string of the molecule is O=C(O)C1=C(C(=O)O)C(C(F)(F)F)=CC(c2cc(C(F)(F)F)c(C(=O)O)c(C(=O)O)c2C(F)(F)F)(C(F)(F)F)C1. The molecular weight excluding hydrogens is 596 g/mol. The zero-order valence-electron chi connectivity index (χ0n) is 18.3. The van der Waals surface area contributed by atoms with Crippen LogP contribution in [-0.4, -0.2) is 56.7 Å². The normalized spacial score (nSPS) is 18.9. The highest BCUT2D eigenvalue weighted by atomic mass is 19.4. The second-order valence-corrected chi connectivity index (χ2v) is 7.87. The largest absolute Gasteiger partial charge is 0.478 e. The molecule has 0 aromatic heterocycles. The topological polar surface area (TPSA) is 149 Å². The van der Waals surface area contributed by atoms with Crippen molar-refractivity contribution in [2.45, 2.75) is 36.5 Å². The number of carboxylic acid groups (broad SMARTS) is 4. The van der Waals surface area contributed by atoms with E-state index in [9.17, 15) is 82.1 Å². The molecule has 0 saturated carbocycles. The number of carbonyl (C=O) groups is 4. The van der Waals surface area contributed by atoms with Gasteiger partial charge in [-0.3, -0.25) is 0 Å². The van der Waals surface area contributed by atoms with E-state index >= 15 is 0 Å². The van der Waals surface area contributed by atoms with Gasteiger partial charge in [0, 0.05) is 6.42 Å². The average molecular weight is 604 g/mol. The fraction of sp³-hybridized carbons (Fsp3) is 0.300. The van der Waals surface area contributed by atoms with E-state index in [-0.39, 0.29) is 0 Å². The lowest BCUT2D eigenvalue weighted by Crippen LogP contribution is -2.47. The number of rotatable bonds is 5. The summed E-state index contributed by atoms with van der Waals surface area (Å²) in [6, 6.07) is -1.21. The Morgan fingerprint density at radius 1 is 0.650 bits per heavy atom. The second-order valence-electron chi connectivity index (χ2n) is 7.87. The van der Waals surface area contributed by atoms with Crippen molar-refractivity contribution in [3.8, 4) is 0 Å². The quantitative estimate of drug-likeness (QED) is 0.332. The van der Waals surface area contributed by atoms with E-state index in [0.29, 0.717) is 0 Å². The van der Waals surface area contributed by atoms with Crippen molar-refractivity contribution in [1.29, 1.82) is 0 Å². The van der Waals surface area contributed by atoms with Crippen molar-refractivity contribution in [3.05, 3.63) is 56.7 Å². The van der Waals surface area contributed by atoms with E-state index in [4.69, 9.17) is 10.2 Å². The molecule has 4 N–H and O–H groups in total. The standard InChI is InChI=1S/C20H8F12O8/c21-17(22,23)5-1-6(11(19(27,28)29)10(15(39)40)9(5)14(37)38)16(20(30,31)32)2-4(12(33)34)8(13(35)36)7(3-16)18(24,25)26/h1,3H,2H2,(H,33,34)(H,35,36)(H,37,38)(H,39,40). The molecule has 1 unspecified atom stereocenters. The molecule has 0 aliphatic heterocycles. The van der Waals surface area contributed by atoms with Gasteiger partial charge in [-0.1, -0.05) is 6.08 Å². The van der Waals surface area contributed by atoms with Crippen LogP contribution in [0.3, 0.4) is 0 Å². The maximum Gasteiger partial charge on any atom is 0.417 e. The van der Waals surface area contributed by atoms with Crippen molar-refractivity contribution in [2.75, 3.05) is 0 Å². The Labute approximate surface area is 210 Å². The lowest BCUT2D eigenvalue weighted by Gasteiger charge is -2.40. The van der Waals surface area contributed by atoms with E-state index < -0.39 is 117 Å². The number of allylic oxidation sites excluding steroid dienone is 1. The van der Waals surface area contributed by atoms with Crippen LogP contribution in [0.1, 0.15) is 43.8 Å². The Hall–Kier alpha value is -4.26. The van der Waals surface area contributed by atoms with Gasteiger partial charge in [0.1, 0.15) is 5.41 Å². The number of hydrogen-bond donors (Lipinski definition) is 4. The first kappa shape index (κ1) is 32.0. The number of hydrogen-bond acceptors (Lipinski definition) is 4. The third kappa shape index (κ3) is 5.28. The van der Waals surface area contributed by atoms with Crippen LogP contribution in [0.25, 0.3) is 0 Å². The third-order valence-electron chi connectivity index (χ3n) is 5.53. The zero-order valence-corrected chi connectivity index (χ0v) is 18.3. The van der Waals surface area contributed by atoms with Crippen LogP contribution in [0.4, 0.5) is 52.7 Å². The van der Waals surface area contributed by atoms with Crippen LogP contribution in [-0.2, 0) is 27.4 Å². The molecule has 1 aromatic carbocycles. The number of carboxylic acids is 4. The van der Waals surface area contributed by atoms with E-state index in [2.05, 4.69) is 0 Å². The summed E-state index contributed by atoms with van der Waals surface area (Å²) >= 11 is 0. The number of aromatic carboxylic acids is 2. The van der Waals surface area contributed by atoms with Gasteiger partial charge in [-0.2, -0.15) is 52.7 Å². The summed E-state index contributed by atoms with van der Waals surface area (Å²) < 4.78 is 168. The van der Waals surface area contributed by atoms with E-state index in [1.165, 1.54) is 0 Å². The smallest absolute Gasteiger partial charge is 0.417 e. The summed E-state index contributed by atoms with van der Waals surface area (Å²) in [5.41, 5.74) is -27.9. The van der Waals surface area contributed by atoms with Crippen LogP contribution in [0.2, 0.25) is 0 Å². The minimum absolute atomic E-state index is 1.21. The summed E-state index contributed by atoms with van der Waals surface area (Å²) in [4.78, 5) is 46.0. The highest BCUT2D eigenvalue weighted by molar-refractivity contribution is 6.05. The van der Waals surface area contributed by atoms with Gasteiger partial charge in [-0.05, 0) is 11.6 Å². The molecule has 1 atom stereocenters. The fourth-order valence-electron chi connectivity index (χ4n) is 4.05. The first-order valence-electron chi connectivity index (χ1n) is 9.59. The lowest BCUT2D eigenvalue weighted by atomic mass is 9.66. The molecule has 1 aliphatic carbocycles. The molecule has 0 spiro atoms. The van der Waals surface area contributed by atoms with Gasteiger partial charge in [0.05, 0.1) is 39.0 Å². The summed E-state index contributed by atoms with van der Waals surface area (Å²) in [5.74, 6) is -12.0. The molecule has 2 rings (SSSR count). The summed E-state index contributed by atoms with van der Waals surface area (Å²) in [7, 11) is 0. The van der Waals surface area contributed by atoms with Gasteiger partial charge in [0.15, 0.2) is 0 Å². The molecule has 220 valence electrons. The summed E-state index contributed by atoms with van der Waals surface area (Å²) in [6.45, 7) is 0. The highest BCUT2D eigenvalue weighted by Gasteiger charge is 2.63. The highest BCUT2D eigenvalue weighted by Crippen LogP contribution is 2.57. The van der Waals surface area contributed by atoms with Gasteiger partial charge in [-0.15, -0.1) is 0 Å². The van der Waals surface area contributed by atoms with Crippen molar-refractivity contribution in [3.63, 3.8) is 0 Å². The van der Waals surface area contributed by atoms with Crippen LogP contribution in [0.5, 0.6) is 0 Å². The van der Waals surface area contributed by atoms with Crippen LogP contribution in [0.15, 0.2) is 28.9 Å². The number of halogens is 12. The van der Waals surface area contributed by atoms with E-state index in [0.717, 1.165) is 0 Å². The Morgan fingerprint density at radius 3 is 1.43 bits per heavy atom. The van der Waals surface area contributed by atoms with Crippen LogP contribution >= 0.6 is 0 Å². The number of alkyl halides is 12. The first-order valence-corrected chi connectivity index (χ1v) is 9.59. The molecule has 0 fully saturated rings. The van der Waals surface area contributed by atoms with Crippen molar-refractivity contribution >= 4 is 23.9 Å². The monoisotopic (exact) mass is 604 g/mol. The first-order chi connectivity index (χ1) is 17.7. The second kappa shape index (κ2) is 9.44. The van der Waals surface area contributed by atoms with Gasteiger partial charge in [0.2, 0.25) is 0 Å². The molecule has 8 nitrogen and oxygen atoms in total. The molecule has 0 amide bonds. The minimum Gasteiger partial charge on any atom is -0.478 e. The molecule has 1 aromatic rings.